The predicted octanol–water partition coefficient (Wildman–Crippen LogP) is 4.18. The summed E-state index contributed by atoms with van der Waals surface area (Å²) in [4.78, 5) is 13.1. The molecule has 0 heterocycles. The van der Waals surface area contributed by atoms with Gasteiger partial charge in [-0.1, -0.05) is 18.2 Å². The lowest BCUT2D eigenvalue weighted by Gasteiger charge is -2.23. The number of para-hydroxylation sites is 1. The topological polar surface area (TPSA) is 94.2 Å². The van der Waals surface area contributed by atoms with Gasteiger partial charge in [0.1, 0.15) is 17.2 Å². The van der Waals surface area contributed by atoms with E-state index in [0.717, 1.165) is 0 Å². The molecule has 0 aliphatic carbocycles. The molecule has 0 aromatic heterocycles. The zero-order valence-electron chi connectivity index (χ0n) is 18.9. The fourth-order valence-electron chi connectivity index (χ4n) is 3.34. The van der Waals surface area contributed by atoms with E-state index in [1.807, 2.05) is 6.07 Å². The van der Waals surface area contributed by atoms with Gasteiger partial charge in [0.25, 0.3) is 15.9 Å². The van der Waals surface area contributed by atoms with Crippen LogP contribution in [0.5, 0.6) is 17.2 Å². The number of sulfonamides is 1. The van der Waals surface area contributed by atoms with Crippen molar-refractivity contribution < 1.29 is 27.4 Å². The van der Waals surface area contributed by atoms with Gasteiger partial charge in [0, 0.05) is 6.54 Å². The van der Waals surface area contributed by atoms with Crippen LogP contribution in [0, 0.1) is 0 Å². The van der Waals surface area contributed by atoms with Crippen molar-refractivity contribution in [3.63, 3.8) is 0 Å². The maximum absolute atomic E-state index is 13.4. The number of amides is 1. The van der Waals surface area contributed by atoms with E-state index in [9.17, 15) is 13.2 Å². The standard InChI is InChI=1S/C24H26N2O6S/c1-5-26(17-9-7-6-8-10-17)33(28,29)19-12-14-23(32-4)21(16-19)25-24(27)20-15-18(30-2)11-13-22(20)31-3/h6-16H,5H2,1-4H3,(H,25,27). The summed E-state index contributed by atoms with van der Waals surface area (Å²) in [6.45, 7) is 1.99. The summed E-state index contributed by atoms with van der Waals surface area (Å²) in [5.74, 6) is 0.629. The Morgan fingerprint density at radius 3 is 2.15 bits per heavy atom. The van der Waals surface area contributed by atoms with Crippen LogP contribution in [-0.2, 0) is 10.0 Å². The van der Waals surface area contributed by atoms with Crippen LogP contribution in [0.1, 0.15) is 17.3 Å². The monoisotopic (exact) mass is 470 g/mol. The van der Waals surface area contributed by atoms with E-state index in [1.54, 1.807) is 43.3 Å². The van der Waals surface area contributed by atoms with Gasteiger partial charge in [-0.2, -0.15) is 0 Å². The van der Waals surface area contributed by atoms with Crippen molar-refractivity contribution in [2.75, 3.05) is 37.5 Å². The molecule has 0 aliphatic heterocycles. The zero-order chi connectivity index (χ0) is 24.0. The average molecular weight is 471 g/mol. The highest BCUT2D eigenvalue weighted by molar-refractivity contribution is 7.92. The van der Waals surface area contributed by atoms with Gasteiger partial charge in [0.2, 0.25) is 0 Å². The first-order valence-corrected chi connectivity index (χ1v) is 11.6. The minimum absolute atomic E-state index is 0.0157. The van der Waals surface area contributed by atoms with E-state index in [1.165, 1.54) is 49.9 Å². The SMILES string of the molecule is CCN(c1ccccc1)S(=O)(=O)c1ccc(OC)c(NC(=O)c2cc(OC)ccc2OC)c1. The van der Waals surface area contributed by atoms with Crippen LogP contribution < -0.4 is 23.8 Å². The van der Waals surface area contributed by atoms with Crippen LogP contribution in [0.2, 0.25) is 0 Å². The van der Waals surface area contributed by atoms with Crippen molar-refractivity contribution in [3.05, 3.63) is 72.3 Å². The van der Waals surface area contributed by atoms with Crippen LogP contribution in [0.4, 0.5) is 11.4 Å². The van der Waals surface area contributed by atoms with Gasteiger partial charge in [-0.15, -0.1) is 0 Å². The highest BCUT2D eigenvalue weighted by Crippen LogP contribution is 2.32. The molecule has 0 radical (unpaired) electrons. The van der Waals surface area contributed by atoms with Crippen molar-refractivity contribution >= 4 is 27.3 Å². The molecule has 0 fully saturated rings. The zero-order valence-corrected chi connectivity index (χ0v) is 19.7. The number of ether oxygens (including phenoxy) is 3. The Hall–Kier alpha value is -3.72. The molecule has 3 rings (SSSR count). The molecule has 0 atom stereocenters. The van der Waals surface area contributed by atoms with E-state index in [2.05, 4.69) is 5.32 Å². The summed E-state index contributed by atoms with van der Waals surface area (Å²) in [5.41, 5.74) is 0.978. The highest BCUT2D eigenvalue weighted by Gasteiger charge is 2.25. The lowest BCUT2D eigenvalue weighted by molar-refractivity contribution is 0.102. The second-order valence-electron chi connectivity index (χ2n) is 6.89. The Balaban J connectivity index is 2.00. The second-order valence-corrected chi connectivity index (χ2v) is 8.75. The minimum atomic E-state index is -3.89. The number of methoxy groups -OCH3 is 3. The quantitative estimate of drug-likeness (QED) is 0.504. The molecule has 0 spiro atoms. The Labute approximate surface area is 193 Å². The maximum atomic E-state index is 13.4. The molecule has 0 saturated heterocycles. The molecule has 3 aromatic carbocycles. The molecule has 33 heavy (non-hydrogen) atoms. The van der Waals surface area contributed by atoms with Gasteiger partial charge < -0.3 is 19.5 Å². The van der Waals surface area contributed by atoms with Crippen LogP contribution >= 0.6 is 0 Å². The first-order chi connectivity index (χ1) is 15.8. The fraction of sp³-hybridized carbons (Fsp3) is 0.208. The third kappa shape index (κ3) is 5.04. The van der Waals surface area contributed by atoms with Crippen molar-refractivity contribution in [1.29, 1.82) is 0 Å². The summed E-state index contributed by atoms with van der Waals surface area (Å²) < 4.78 is 43.9. The Kier molecular flexibility index (Phi) is 7.44. The molecule has 9 heteroatoms. The summed E-state index contributed by atoms with van der Waals surface area (Å²) in [6.07, 6.45) is 0. The summed E-state index contributed by atoms with van der Waals surface area (Å²) >= 11 is 0. The van der Waals surface area contributed by atoms with E-state index in [0.29, 0.717) is 22.9 Å². The molecule has 3 aromatic rings. The number of carbonyl (C=O) groups excluding carboxylic acids is 1. The van der Waals surface area contributed by atoms with Crippen molar-refractivity contribution in [3.8, 4) is 17.2 Å². The molecule has 0 bridgehead atoms. The smallest absolute Gasteiger partial charge is 0.264 e. The Morgan fingerprint density at radius 2 is 1.55 bits per heavy atom. The number of carbonyl (C=O) groups is 1. The van der Waals surface area contributed by atoms with Gasteiger partial charge in [-0.25, -0.2) is 8.42 Å². The molecule has 8 nitrogen and oxygen atoms in total. The summed E-state index contributed by atoms with van der Waals surface area (Å²) in [6, 6.07) is 18.0. The molecule has 0 unspecified atom stereocenters. The highest BCUT2D eigenvalue weighted by atomic mass is 32.2. The van der Waals surface area contributed by atoms with Crippen LogP contribution in [0.3, 0.4) is 0 Å². The number of nitrogens with one attached hydrogen (secondary N) is 1. The normalized spacial score (nSPS) is 10.9. The molecule has 0 aliphatic rings. The van der Waals surface area contributed by atoms with Crippen molar-refractivity contribution in [2.45, 2.75) is 11.8 Å². The van der Waals surface area contributed by atoms with E-state index in [4.69, 9.17) is 14.2 Å². The third-order valence-corrected chi connectivity index (χ3v) is 6.89. The molecular formula is C24H26N2O6S. The number of hydrogen-bond donors (Lipinski definition) is 1. The van der Waals surface area contributed by atoms with E-state index in [-0.39, 0.29) is 22.7 Å². The van der Waals surface area contributed by atoms with E-state index < -0.39 is 15.9 Å². The molecule has 0 saturated carbocycles. The van der Waals surface area contributed by atoms with Crippen LogP contribution in [0.25, 0.3) is 0 Å². The van der Waals surface area contributed by atoms with Crippen molar-refractivity contribution in [1.82, 2.24) is 0 Å². The second kappa shape index (κ2) is 10.3. The number of rotatable bonds is 9. The lowest BCUT2D eigenvalue weighted by Crippen LogP contribution is -2.30. The minimum Gasteiger partial charge on any atom is -0.497 e. The predicted molar refractivity (Wildman–Crippen MR) is 127 cm³/mol. The van der Waals surface area contributed by atoms with Crippen molar-refractivity contribution in [2.24, 2.45) is 0 Å². The number of nitrogens with zero attached hydrogens (tertiary/aromatic N) is 1. The molecule has 1 amide bonds. The number of hydrogen-bond acceptors (Lipinski definition) is 6. The summed E-state index contributed by atoms with van der Waals surface area (Å²) in [5, 5.41) is 2.73. The fourth-order valence-corrected chi connectivity index (χ4v) is 4.84. The van der Waals surface area contributed by atoms with Gasteiger partial charge in [0.15, 0.2) is 0 Å². The average Bonchev–Trinajstić information content (AvgIpc) is 2.84. The van der Waals surface area contributed by atoms with Crippen LogP contribution in [0.15, 0.2) is 71.6 Å². The molecule has 174 valence electrons. The number of anilines is 2. The molecular weight excluding hydrogens is 444 g/mol. The largest absolute Gasteiger partial charge is 0.497 e. The van der Waals surface area contributed by atoms with Gasteiger partial charge in [0.05, 0.1) is 43.2 Å². The first-order valence-electron chi connectivity index (χ1n) is 10.1. The van der Waals surface area contributed by atoms with Gasteiger partial charge in [-0.05, 0) is 55.5 Å². The molecule has 1 N–H and O–H groups in total. The first kappa shape index (κ1) is 23.9. The number of benzene rings is 3. The Morgan fingerprint density at radius 1 is 0.879 bits per heavy atom. The van der Waals surface area contributed by atoms with Gasteiger partial charge in [-0.3, -0.25) is 9.10 Å². The third-order valence-electron chi connectivity index (χ3n) is 4.99. The van der Waals surface area contributed by atoms with E-state index >= 15 is 0 Å². The summed E-state index contributed by atoms with van der Waals surface area (Å²) in [7, 11) is 0.491. The maximum Gasteiger partial charge on any atom is 0.264 e. The lowest BCUT2D eigenvalue weighted by atomic mass is 10.1. The van der Waals surface area contributed by atoms with Crippen LogP contribution in [-0.4, -0.2) is 42.2 Å². The Bertz CT molecular complexity index is 1230. The van der Waals surface area contributed by atoms with Gasteiger partial charge >= 0.3 is 0 Å².